The van der Waals surface area contributed by atoms with Crippen molar-refractivity contribution < 1.29 is 19.0 Å². The average molecular weight is 303 g/mol. The molecular formula is C15H17N3O4. The third kappa shape index (κ3) is 3.56. The molecule has 0 unspecified atom stereocenters. The maximum Gasteiger partial charge on any atom is 0.251 e. The third-order valence-corrected chi connectivity index (χ3v) is 3.22. The SMILES string of the molecule is O=C(NCCOCCn1ccnc1)c1ccc2c(c1)OCO2. The summed E-state index contributed by atoms with van der Waals surface area (Å²) >= 11 is 0. The van der Waals surface area contributed by atoms with Gasteiger partial charge in [-0.25, -0.2) is 4.98 Å². The molecule has 7 nitrogen and oxygen atoms in total. The van der Waals surface area contributed by atoms with E-state index in [4.69, 9.17) is 14.2 Å². The number of carbonyl (C=O) groups excluding carboxylic acids is 1. The van der Waals surface area contributed by atoms with Crippen molar-refractivity contribution in [3.8, 4) is 11.5 Å². The first kappa shape index (κ1) is 14.4. The minimum absolute atomic E-state index is 0.156. The first-order valence-electron chi connectivity index (χ1n) is 7.04. The summed E-state index contributed by atoms with van der Waals surface area (Å²) < 4.78 is 17.9. The molecule has 7 heteroatoms. The predicted molar refractivity (Wildman–Crippen MR) is 77.9 cm³/mol. The van der Waals surface area contributed by atoms with E-state index in [1.165, 1.54) is 0 Å². The fourth-order valence-electron chi connectivity index (χ4n) is 2.07. The molecule has 0 bridgehead atoms. The number of carbonyl (C=O) groups is 1. The van der Waals surface area contributed by atoms with Gasteiger partial charge in [-0.05, 0) is 18.2 Å². The van der Waals surface area contributed by atoms with Gasteiger partial charge in [-0.1, -0.05) is 0 Å². The second-order valence-corrected chi connectivity index (χ2v) is 4.74. The van der Waals surface area contributed by atoms with Gasteiger partial charge in [-0.2, -0.15) is 0 Å². The number of imidazole rings is 1. The van der Waals surface area contributed by atoms with Crippen molar-refractivity contribution in [2.24, 2.45) is 0 Å². The standard InChI is InChI=1S/C15H17N3O4/c19-15(12-1-2-13-14(9-12)22-11-21-13)17-4-7-20-8-6-18-5-3-16-10-18/h1-3,5,9-10H,4,6-8,11H2,(H,17,19). The van der Waals surface area contributed by atoms with Gasteiger partial charge in [0, 0.05) is 31.0 Å². The van der Waals surface area contributed by atoms with Gasteiger partial charge < -0.3 is 24.1 Å². The Morgan fingerprint density at radius 1 is 1.32 bits per heavy atom. The number of fused-ring (bicyclic) bond motifs is 1. The van der Waals surface area contributed by atoms with Gasteiger partial charge in [0.15, 0.2) is 11.5 Å². The minimum atomic E-state index is -0.156. The van der Waals surface area contributed by atoms with E-state index in [1.807, 2.05) is 10.8 Å². The van der Waals surface area contributed by atoms with Crippen LogP contribution in [0.1, 0.15) is 10.4 Å². The summed E-state index contributed by atoms with van der Waals surface area (Å²) in [6, 6.07) is 5.12. The van der Waals surface area contributed by atoms with E-state index in [2.05, 4.69) is 10.3 Å². The molecule has 22 heavy (non-hydrogen) atoms. The molecule has 0 radical (unpaired) electrons. The monoisotopic (exact) mass is 303 g/mol. The van der Waals surface area contributed by atoms with Gasteiger partial charge in [0.1, 0.15) is 0 Å². The normalized spacial score (nSPS) is 12.4. The second-order valence-electron chi connectivity index (χ2n) is 4.74. The van der Waals surface area contributed by atoms with E-state index in [1.54, 1.807) is 30.7 Å². The highest BCUT2D eigenvalue weighted by Gasteiger charge is 2.15. The zero-order valence-corrected chi connectivity index (χ0v) is 12.0. The summed E-state index contributed by atoms with van der Waals surface area (Å²) in [7, 11) is 0. The number of hydrogen-bond acceptors (Lipinski definition) is 5. The van der Waals surface area contributed by atoms with Crippen LogP contribution in [0.15, 0.2) is 36.9 Å². The Hall–Kier alpha value is -2.54. The molecule has 2 aromatic rings. The van der Waals surface area contributed by atoms with Crippen LogP contribution >= 0.6 is 0 Å². The lowest BCUT2D eigenvalue weighted by Crippen LogP contribution is -2.27. The van der Waals surface area contributed by atoms with Crippen LogP contribution in [-0.2, 0) is 11.3 Å². The lowest BCUT2D eigenvalue weighted by Gasteiger charge is -2.07. The molecule has 2 heterocycles. The first-order valence-corrected chi connectivity index (χ1v) is 7.04. The number of nitrogens with one attached hydrogen (secondary N) is 1. The molecule has 1 N–H and O–H groups in total. The summed E-state index contributed by atoms with van der Waals surface area (Å²) in [6.07, 6.45) is 5.35. The number of hydrogen-bond donors (Lipinski definition) is 1. The minimum Gasteiger partial charge on any atom is -0.454 e. The quantitative estimate of drug-likeness (QED) is 0.774. The molecule has 0 aliphatic carbocycles. The summed E-state index contributed by atoms with van der Waals surface area (Å²) in [4.78, 5) is 15.9. The van der Waals surface area contributed by atoms with Crippen LogP contribution in [0.3, 0.4) is 0 Å². The van der Waals surface area contributed by atoms with Crippen LogP contribution in [-0.4, -0.2) is 42.0 Å². The highest BCUT2D eigenvalue weighted by atomic mass is 16.7. The molecule has 1 amide bonds. The van der Waals surface area contributed by atoms with Crippen LogP contribution in [0.4, 0.5) is 0 Å². The second kappa shape index (κ2) is 6.95. The predicted octanol–water partition coefficient (Wildman–Crippen LogP) is 1.06. The highest BCUT2D eigenvalue weighted by molar-refractivity contribution is 5.94. The topological polar surface area (TPSA) is 74.6 Å². The van der Waals surface area contributed by atoms with E-state index < -0.39 is 0 Å². The average Bonchev–Trinajstić information content (AvgIpc) is 3.20. The lowest BCUT2D eigenvalue weighted by molar-refractivity contribution is 0.0908. The zero-order valence-electron chi connectivity index (χ0n) is 12.0. The molecule has 3 rings (SSSR count). The number of nitrogens with zero attached hydrogens (tertiary/aromatic N) is 2. The van der Waals surface area contributed by atoms with E-state index >= 15 is 0 Å². The van der Waals surface area contributed by atoms with Gasteiger partial charge >= 0.3 is 0 Å². The van der Waals surface area contributed by atoms with E-state index in [-0.39, 0.29) is 12.7 Å². The summed E-state index contributed by atoms with van der Waals surface area (Å²) in [5, 5.41) is 2.80. The Balaban J connectivity index is 1.35. The Kier molecular flexibility index (Phi) is 4.55. The Morgan fingerprint density at radius 3 is 3.09 bits per heavy atom. The van der Waals surface area contributed by atoms with E-state index in [0.717, 1.165) is 6.54 Å². The van der Waals surface area contributed by atoms with Gasteiger partial charge in [0.25, 0.3) is 5.91 Å². The fraction of sp³-hybridized carbons (Fsp3) is 0.333. The van der Waals surface area contributed by atoms with Crippen molar-refractivity contribution in [2.75, 3.05) is 26.6 Å². The molecule has 0 atom stereocenters. The number of rotatable bonds is 7. The van der Waals surface area contributed by atoms with Crippen molar-refractivity contribution in [3.63, 3.8) is 0 Å². The molecule has 0 spiro atoms. The molecule has 0 saturated carbocycles. The Labute approximate surface area is 127 Å². The first-order chi connectivity index (χ1) is 10.8. The molecule has 1 aromatic heterocycles. The molecule has 0 fully saturated rings. The third-order valence-electron chi connectivity index (χ3n) is 3.22. The van der Waals surface area contributed by atoms with Gasteiger partial charge in [0.05, 0.1) is 19.5 Å². The highest BCUT2D eigenvalue weighted by Crippen LogP contribution is 2.32. The van der Waals surface area contributed by atoms with Crippen LogP contribution in [0.25, 0.3) is 0 Å². The number of amides is 1. The van der Waals surface area contributed by atoms with Crippen LogP contribution in [0, 0.1) is 0 Å². The lowest BCUT2D eigenvalue weighted by atomic mass is 10.2. The van der Waals surface area contributed by atoms with Crippen molar-refractivity contribution in [1.29, 1.82) is 0 Å². The number of ether oxygens (including phenoxy) is 3. The van der Waals surface area contributed by atoms with E-state index in [9.17, 15) is 4.79 Å². The van der Waals surface area contributed by atoms with Gasteiger partial charge in [0.2, 0.25) is 6.79 Å². The van der Waals surface area contributed by atoms with Crippen LogP contribution < -0.4 is 14.8 Å². The summed E-state index contributed by atoms with van der Waals surface area (Å²) in [6.45, 7) is 2.44. The summed E-state index contributed by atoms with van der Waals surface area (Å²) in [5.74, 6) is 1.11. The maximum atomic E-state index is 12.0. The largest absolute Gasteiger partial charge is 0.454 e. The molecule has 1 aliphatic rings. The smallest absolute Gasteiger partial charge is 0.251 e. The fourth-order valence-corrected chi connectivity index (χ4v) is 2.07. The van der Waals surface area contributed by atoms with Gasteiger partial charge in [-0.15, -0.1) is 0 Å². The van der Waals surface area contributed by atoms with Crippen molar-refractivity contribution in [1.82, 2.24) is 14.9 Å². The molecule has 116 valence electrons. The van der Waals surface area contributed by atoms with Crippen LogP contribution in [0.5, 0.6) is 11.5 Å². The number of aromatic nitrogens is 2. The molecule has 0 saturated heterocycles. The Morgan fingerprint density at radius 2 is 2.23 bits per heavy atom. The van der Waals surface area contributed by atoms with Crippen molar-refractivity contribution >= 4 is 5.91 Å². The van der Waals surface area contributed by atoms with Crippen molar-refractivity contribution in [2.45, 2.75) is 6.54 Å². The maximum absolute atomic E-state index is 12.0. The molecular weight excluding hydrogens is 286 g/mol. The molecule has 1 aromatic carbocycles. The Bertz CT molecular complexity index is 628. The molecule has 1 aliphatic heterocycles. The van der Waals surface area contributed by atoms with E-state index in [0.29, 0.717) is 36.8 Å². The zero-order chi connectivity index (χ0) is 15.2. The summed E-state index contributed by atoms with van der Waals surface area (Å²) in [5.41, 5.74) is 0.544. The van der Waals surface area contributed by atoms with Crippen molar-refractivity contribution in [3.05, 3.63) is 42.5 Å². The number of benzene rings is 1. The van der Waals surface area contributed by atoms with Crippen LogP contribution in [0.2, 0.25) is 0 Å². The van der Waals surface area contributed by atoms with Gasteiger partial charge in [-0.3, -0.25) is 4.79 Å².